The van der Waals surface area contributed by atoms with Gasteiger partial charge >= 0.3 is 12.0 Å². The number of nitrogens with one attached hydrogen (secondary N) is 1. The van der Waals surface area contributed by atoms with Crippen molar-refractivity contribution in [2.75, 3.05) is 13.7 Å². The SMILES string of the molecule is CCC[C@@H](NC(=O)N(C)C(C)CO)C(=O)O. The maximum atomic E-state index is 11.6. The molecule has 0 bridgehead atoms. The Kier molecular flexibility index (Phi) is 6.48. The lowest BCUT2D eigenvalue weighted by atomic mass is 10.2. The number of carboxylic acids is 1. The van der Waals surface area contributed by atoms with E-state index in [1.165, 1.54) is 11.9 Å². The molecule has 1 unspecified atom stereocenters. The normalized spacial score (nSPS) is 14.0. The number of carbonyl (C=O) groups excluding carboxylic acids is 1. The van der Waals surface area contributed by atoms with Gasteiger partial charge in [-0.3, -0.25) is 0 Å². The van der Waals surface area contributed by atoms with Gasteiger partial charge in [-0.1, -0.05) is 13.3 Å². The van der Waals surface area contributed by atoms with E-state index in [0.717, 1.165) is 0 Å². The van der Waals surface area contributed by atoms with E-state index in [1.54, 1.807) is 6.92 Å². The zero-order chi connectivity index (χ0) is 12.7. The van der Waals surface area contributed by atoms with E-state index in [4.69, 9.17) is 10.2 Å². The van der Waals surface area contributed by atoms with Gasteiger partial charge in [0.1, 0.15) is 6.04 Å². The van der Waals surface area contributed by atoms with Gasteiger partial charge in [-0.25, -0.2) is 9.59 Å². The Hall–Kier alpha value is -1.30. The number of likely N-dealkylation sites (N-methyl/N-ethyl adjacent to an activating group) is 1. The number of nitrogens with zero attached hydrogens (tertiary/aromatic N) is 1. The van der Waals surface area contributed by atoms with Crippen molar-refractivity contribution in [3.63, 3.8) is 0 Å². The van der Waals surface area contributed by atoms with Crippen LogP contribution < -0.4 is 5.32 Å². The van der Waals surface area contributed by atoms with E-state index in [0.29, 0.717) is 12.8 Å². The Balaban J connectivity index is 4.34. The highest BCUT2D eigenvalue weighted by Crippen LogP contribution is 2.00. The smallest absolute Gasteiger partial charge is 0.326 e. The summed E-state index contributed by atoms with van der Waals surface area (Å²) in [4.78, 5) is 23.7. The quantitative estimate of drug-likeness (QED) is 0.613. The zero-order valence-electron chi connectivity index (χ0n) is 9.93. The maximum Gasteiger partial charge on any atom is 0.326 e. The molecule has 0 spiro atoms. The molecule has 0 rings (SSSR count). The number of aliphatic carboxylic acids is 1. The van der Waals surface area contributed by atoms with E-state index in [-0.39, 0.29) is 12.6 Å². The molecule has 0 aromatic carbocycles. The summed E-state index contributed by atoms with van der Waals surface area (Å²) in [5.41, 5.74) is 0. The molecule has 0 fully saturated rings. The Morgan fingerprint density at radius 3 is 2.38 bits per heavy atom. The average molecular weight is 232 g/mol. The third-order valence-corrected chi connectivity index (χ3v) is 2.42. The molecule has 2 amide bonds. The van der Waals surface area contributed by atoms with Crippen LogP contribution >= 0.6 is 0 Å². The number of rotatable bonds is 6. The molecule has 2 atom stereocenters. The van der Waals surface area contributed by atoms with Crippen molar-refractivity contribution in [3.05, 3.63) is 0 Å². The first-order valence-corrected chi connectivity index (χ1v) is 5.31. The van der Waals surface area contributed by atoms with E-state index in [9.17, 15) is 9.59 Å². The summed E-state index contributed by atoms with van der Waals surface area (Å²) in [5, 5.41) is 20.1. The lowest BCUT2D eigenvalue weighted by Crippen LogP contribution is -2.49. The fourth-order valence-electron chi connectivity index (χ4n) is 1.12. The molecule has 0 saturated heterocycles. The van der Waals surface area contributed by atoms with Crippen LogP contribution in [0.25, 0.3) is 0 Å². The number of hydrogen-bond acceptors (Lipinski definition) is 3. The minimum Gasteiger partial charge on any atom is -0.480 e. The number of aliphatic hydroxyl groups is 1. The van der Waals surface area contributed by atoms with Crippen molar-refractivity contribution in [2.24, 2.45) is 0 Å². The van der Waals surface area contributed by atoms with Gasteiger partial charge in [0.05, 0.1) is 12.6 Å². The summed E-state index contributed by atoms with van der Waals surface area (Å²) < 4.78 is 0. The first kappa shape index (κ1) is 14.7. The van der Waals surface area contributed by atoms with Crippen molar-refractivity contribution in [1.82, 2.24) is 10.2 Å². The molecule has 0 radical (unpaired) electrons. The maximum absolute atomic E-state index is 11.6. The highest BCUT2D eigenvalue weighted by atomic mass is 16.4. The molecule has 0 heterocycles. The van der Waals surface area contributed by atoms with Crippen molar-refractivity contribution >= 4 is 12.0 Å². The summed E-state index contributed by atoms with van der Waals surface area (Å²) in [7, 11) is 1.51. The second-order valence-corrected chi connectivity index (χ2v) is 3.77. The molecule has 0 aromatic rings. The van der Waals surface area contributed by atoms with Crippen molar-refractivity contribution in [2.45, 2.75) is 38.8 Å². The highest BCUT2D eigenvalue weighted by Gasteiger charge is 2.22. The van der Waals surface area contributed by atoms with Crippen LogP contribution in [0.3, 0.4) is 0 Å². The van der Waals surface area contributed by atoms with Gasteiger partial charge < -0.3 is 20.4 Å². The van der Waals surface area contributed by atoms with E-state index in [2.05, 4.69) is 5.32 Å². The summed E-state index contributed by atoms with van der Waals surface area (Å²) in [6, 6.07) is -1.69. The molecule has 16 heavy (non-hydrogen) atoms. The van der Waals surface area contributed by atoms with Gasteiger partial charge in [0.15, 0.2) is 0 Å². The fraction of sp³-hybridized carbons (Fsp3) is 0.800. The van der Waals surface area contributed by atoms with Crippen LogP contribution in [0.5, 0.6) is 0 Å². The first-order chi connectivity index (χ1) is 7.43. The predicted octanol–water partition coefficient (Wildman–Crippen LogP) is 0.262. The molecular weight excluding hydrogens is 212 g/mol. The van der Waals surface area contributed by atoms with Crippen LogP contribution in [0, 0.1) is 0 Å². The van der Waals surface area contributed by atoms with Crippen molar-refractivity contribution < 1.29 is 19.8 Å². The predicted molar refractivity (Wildman–Crippen MR) is 59.2 cm³/mol. The summed E-state index contributed by atoms with van der Waals surface area (Å²) in [6.45, 7) is 3.37. The molecule has 6 heteroatoms. The van der Waals surface area contributed by atoms with Gasteiger partial charge in [-0.15, -0.1) is 0 Å². The monoisotopic (exact) mass is 232 g/mol. The van der Waals surface area contributed by atoms with Gasteiger partial charge in [0.25, 0.3) is 0 Å². The Morgan fingerprint density at radius 2 is 2.00 bits per heavy atom. The Bertz CT molecular complexity index is 245. The van der Waals surface area contributed by atoms with E-state index < -0.39 is 18.0 Å². The molecule has 0 saturated carbocycles. The standard InChI is InChI=1S/C10H20N2O4/c1-4-5-8(9(14)15)11-10(16)12(3)7(2)6-13/h7-8,13H,4-6H2,1-3H3,(H,11,16)(H,14,15)/t7?,8-/m1/s1. The highest BCUT2D eigenvalue weighted by molar-refractivity contribution is 5.82. The van der Waals surface area contributed by atoms with Gasteiger partial charge in [-0.05, 0) is 13.3 Å². The topological polar surface area (TPSA) is 89.9 Å². The minimum absolute atomic E-state index is 0.157. The first-order valence-electron chi connectivity index (χ1n) is 5.31. The summed E-state index contributed by atoms with van der Waals surface area (Å²) in [6.07, 6.45) is 1.07. The van der Waals surface area contributed by atoms with Gasteiger partial charge in [0, 0.05) is 7.05 Å². The van der Waals surface area contributed by atoms with Crippen LogP contribution in [-0.2, 0) is 4.79 Å². The number of urea groups is 1. The van der Waals surface area contributed by atoms with Crippen LogP contribution in [0.2, 0.25) is 0 Å². The summed E-state index contributed by atoms with van der Waals surface area (Å²) in [5.74, 6) is -1.04. The van der Waals surface area contributed by atoms with Crippen LogP contribution in [0.4, 0.5) is 4.79 Å². The number of carboxylic acid groups (broad SMARTS) is 1. The lowest BCUT2D eigenvalue weighted by Gasteiger charge is -2.25. The van der Waals surface area contributed by atoms with Crippen LogP contribution in [0.15, 0.2) is 0 Å². The second kappa shape index (κ2) is 7.05. The lowest BCUT2D eigenvalue weighted by molar-refractivity contribution is -0.139. The molecule has 0 aromatic heterocycles. The number of hydrogen-bond donors (Lipinski definition) is 3. The third kappa shape index (κ3) is 4.48. The molecular formula is C10H20N2O4. The molecule has 3 N–H and O–H groups in total. The van der Waals surface area contributed by atoms with Crippen molar-refractivity contribution in [3.8, 4) is 0 Å². The molecule has 94 valence electrons. The fourth-order valence-corrected chi connectivity index (χ4v) is 1.12. The molecule has 0 aliphatic carbocycles. The summed E-state index contributed by atoms with van der Waals surface area (Å²) >= 11 is 0. The van der Waals surface area contributed by atoms with Crippen LogP contribution in [0.1, 0.15) is 26.7 Å². The number of carbonyl (C=O) groups is 2. The zero-order valence-corrected chi connectivity index (χ0v) is 9.93. The van der Waals surface area contributed by atoms with Crippen molar-refractivity contribution in [1.29, 1.82) is 0 Å². The van der Waals surface area contributed by atoms with Crippen LogP contribution in [-0.4, -0.2) is 52.9 Å². The molecule has 0 aliphatic heterocycles. The van der Waals surface area contributed by atoms with E-state index in [1.807, 2.05) is 6.92 Å². The second-order valence-electron chi connectivity index (χ2n) is 3.77. The Morgan fingerprint density at radius 1 is 1.44 bits per heavy atom. The molecule has 6 nitrogen and oxygen atoms in total. The Labute approximate surface area is 95.2 Å². The number of aliphatic hydroxyl groups excluding tert-OH is 1. The number of amides is 2. The molecule has 0 aliphatic rings. The minimum atomic E-state index is -1.04. The average Bonchev–Trinajstić information content (AvgIpc) is 2.25. The third-order valence-electron chi connectivity index (χ3n) is 2.42. The van der Waals surface area contributed by atoms with Gasteiger partial charge in [0.2, 0.25) is 0 Å². The largest absolute Gasteiger partial charge is 0.480 e. The van der Waals surface area contributed by atoms with E-state index >= 15 is 0 Å². The van der Waals surface area contributed by atoms with Gasteiger partial charge in [-0.2, -0.15) is 0 Å².